The third kappa shape index (κ3) is 6.92. The van der Waals surface area contributed by atoms with Crippen molar-refractivity contribution < 1.29 is 4.79 Å². The lowest BCUT2D eigenvalue weighted by atomic mass is 10.1. The monoisotopic (exact) mass is 557 g/mol. The van der Waals surface area contributed by atoms with E-state index in [1.807, 2.05) is 92.9 Å². The molecule has 5 rings (SSSR count). The quantitative estimate of drug-likeness (QED) is 0.136. The summed E-state index contributed by atoms with van der Waals surface area (Å²) in [5, 5.41) is 10.7. The number of hydrogen-bond donors (Lipinski definition) is 4. The molecule has 2 aromatic heterocycles. The van der Waals surface area contributed by atoms with E-state index < -0.39 is 0 Å². The first-order valence-electron chi connectivity index (χ1n) is 13.7. The van der Waals surface area contributed by atoms with Gasteiger partial charge < -0.3 is 25.8 Å². The molecule has 0 aliphatic carbocycles. The Morgan fingerprint density at radius 2 is 1.76 bits per heavy atom. The van der Waals surface area contributed by atoms with Crippen LogP contribution in [0, 0.1) is 13.8 Å². The van der Waals surface area contributed by atoms with Gasteiger partial charge in [-0.15, -0.1) is 0 Å². The molecule has 212 valence electrons. The molecule has 0 saturated carbocycles. The van der Waals surface area contributed by atoms with Gasteiger partial charge in [-0.05, 0) is 81.5 Å². The van der Waals surface area contributed by atoms with E-state index in [1.165, 1.54) is 5.56 Å². The highest BCUT2D eigenvalue weighted by Crippen LogP contribution is 2.31. The number of amides is 1. The summed E-state index contributed by atoms with van der Waals surface area (Å²) in [6.07, 6.45) is 7.21. The predicted octanol–water partition coefficient (Wildman–Crippen LogP) is 7.12. The van der Waals surface area contributed by atoms with Gasteiger partial charge in [0, 0.05) is 64.2 Å². The Labute approximate surface area is 246 Å². The van der Waals surface area contributed by atoms with Crippen LogP contribution in [0.15, 0.2) is 97.9 Å². The van der Waals surface area contributed by atoms with E-state index in [4.69, 9.17) is 4.98 Å². The first-order chi connectivity index (χ1) is 20.2. The minimum atomic E-state index is -0.160. The van der Waals surface area contributed by atoms with Crippen molar-refractivity contribution in [2.24, 2.45) is 0 Å². The highest BCUT2D eigenvalue weighted by atomic mass is 16.1. The fourth-order valence-electron chi connectivity index (χ4n) is 4.56. The van der Waals surface area contributed by atoms with E-state index in [9.17, 15) is 4.79 Å². The Bertz CT molecular complexity index is 1770. The van der Waals surface area contributed by atoms with Crippen LogP contribution in [0.4, 0.5) is 23.0 Å². The van der Waals surface area contributed by atoms with E-state index in [2.05, 4.69) is 57.6 Å². The van der Waals surface area contributed by atoms with Crippen LogP contribution in [0.3, 0.4) is 0 Å². The fraction of sp³-hybridized carbons (Fsp3) is 0.147. The number of anilines is 4. The van der Waals surface area contributed by atoms with Crippen LogP contribution in [0.2, 0.25) is 0 Å². The topological polar surface area (TPSA) is 98.0 Å². The molecule has 0 fully saturated rings. The fourth-order valence-corrected chi connectivity index (χ4v) is 4.56. The molecule has 0 spiro atoms. The summed E-state index contributed by atoms with van der Waals surface area (Å²) in [7, 11) is 3.91. The molecule has 1 amide bonds. The molecular weight excluding hydrogens is 522 g/mol. The van der Waals surface area contributed by atoms with E-state index >= 15 is 0 Å². The van der Waals surface area contributed by atoms with Gasteiger partial charge in [-0.3, -0.25) is 4.79 Å². The van der Waals surface area contributed by atoms with Gasteiger partial charge in [0.05, 0.1) is 5.69 Å². The SMILES string of the molecule is C=C(Nc1cccc(Nc2ncc(C)c(-c3c[nH]c4ccc(C)cc34)n2)c1)c1ccc(NC(=O)/C=C/CN(C)C)cc1. The Kier molecular flexibility index (Phi) is 8.45. The van der Waals surface area contributed by atoms with Gasteiger partial charge in [0.15, 0.2) is 0 Å². The zero-order valence-electron chi connectivity index (χ0n) is 24.3. The van der Waals surface area contributed by atoms with Gasteiger partial charge in [0.1, 0.15) is 0 Å². The summed E-state index contributed by atoms with van der Waals surface area (Å²) < 4.78 is 0. The lowest BCUT2D eigenvalue weighted by Crippen LogP contribution is -2.12. The van der Waals surface area contributed by atoms with Crippen molar-refractivity contribution >= 4 is 45.5 Å². The second-order valence-corrected chi connectivity index (χ2v) is 10.5. The molecule has 0 atom stereocenters. The van der Waals surface area contributed by atoms with Crippen molar-refractivity contribution in [3.63, 3.8) is 0 Å². The number of rotatable bonds is 10. The summed E-state index contributed by atoms with van der Waals surface area (Å²) in [5.41, 5.74) is 9.30. The lowest BCUT2D eigenvalue weighted by molar-refractivity contribution is -0.111. The zero-order valence-corrected chi connectivity index (χ0v) is 24.3. The molecule has 8 heteroatoms. The molecule has 4 N–H and O–H groups in total. The van der Waals surface area contributed by atoms with Crippen LogP contribution in [0.1, 0.15) is 16.7 Å². The van der Waals surface area contributed by atoms with Gasteiger partial charge in [0.2, 0.25) is 11.9 Å². The van der Waals surface area contributed by atoms with Crippen LogP contribution >= 0.6 is 0 Å². The Morgan fingerprint density at radius 1 is 0.976 bits per heavy atom. The molecule has 0 radical (unpaired) electrons. The number of aromatic amines is 1. The molecule has 0 saturated heterocycles. The largest absolute Gasteiger partial charge is 0.360 e. The summed E-state index contributed by atoms with van der Waals surface area (Å²) in [6, 6.07) is 21.8. The number of nitrogens with one attached hydrogen (secondary N) is 4. The number of nitrogens with zero attached hydrogens (tertiary/aromatic N) is 3. The highest BCUT2D eigenvalue weighted by Gasteiger charge is 2.12. The van der Waals surface area contributed by atoms with Gasteiger partial charge >= 0.3 is 0 Å². The molecule has 5 aromatic rings. The number of aryl methyl sites for hydroxylation is 2. The number of aromatic nitrogens is 3. The number of carbonyl (C=O) groups excluding carboxylic acids is 1. The normalized spacial score (nSPS) is 11.3. The number of fused-ring (bicyclic) bond motifs is 1. The zero-order chi connectivity index (χ0) is 29.6. The van der Waals surface area contributed by atoms with Crippen molar-refractivity contribution in [2.75, 3.05) is 36.6 Å². The molecule has 0 aliphatic rings. The average molecular weight is 558 g/mol. The number of likely N-dealkylation sites (N-methyl/N-ethyl adjacent to an activating group) is 1. The molecule has 42 heavy (non-hydrogen) atoms. The second-order valence-electron chi connectivity index (χ2n) is 10.5. The summed E-state index contributed by atoms with van der Waals surface area (Å²) >= 11 is 0. The molecule has 2 heterocycles. The van der Waals surface area contributed by atoms with Gasteiger partial charge in [-0.25, -0.2) is 9.97 Å². The average Bonchev–Trinajstić information content (AvgIpc) is 3.37. The first-order valence-corrected chi connectivity index (χ1v) is 13.7. The van der Waals surface area contributed by atoms with E-state index in [0.29, 0.717) is 12.5 Å². The smallest absolute Gasteiger partial charge is 0.248 e. The van der Waals surface area contributed by atoms with Crippen LogP contribution in [0.5, 0.6) is 0 Å². The van der Waals surface area contributed by atoms with E-state index in [0.717, 1.165) is 56.0 Å². The van der Waals surface area contributed by atoms with Crippen molar-refractivity contribution in [1.82, 2.24) is 19.9 Å². The standard InChI is InChI=1S/C34H35N7O/c1-22-11-16-31-29(18-22)30(21-35-31)33-23(2)20-36-34(40-33)39-28-9-6-8-27(19-28)37-24(3)25-12-14-26(15-13-25)38-32(42)10-7-17-41(4)5/h6-16,18-21,35,37H,3,17H2,1-2,4-5H3,(H,38,42)(H,36,39,40)/b10-7+. The van der Waals surface area contributed by atoms with Crippen molar-refractivity contribution in [2.45, 2.75) is 13.8 Å². The van der Waals surface area contributed by atoms with Gasteiger partial charge in [0.25, 0.3) is 0 Å². The Hall–Kier alpha value is -5.21. The molecular formula is C34H35N7O. The summed E-state index contributed by atoms with van der Waals surface area (Å²) in [5.74, 6) is 0.356. The van der Waals surface area contributed by atoms with Crippen LogP contribution in [0.25, 0.3) is 27.9 Å². The van der Waals surface area contributed by atoms with Crippen LogP contribution < -0.4 is 16.0 Å². The van der Waals surface area contributed by atoms with Crippen LogP contribution in [-0.2, 0) is 4.79 Å². The number of benzene rings is 3. The summed E-state index contributed by atoms with van der Waals surface area (Å²) in [4.78, 5) is 26.8. The van der Waals surface area contributed by atoms with E-state index in [1.54, 1.807) is 6.08 Å². The summed E-state index contributed by atoms with van der Waals surface area (Å²) in [6.45, 7) is 9.02. The minimum Gasteiger partial charge on any atom is -0.360 e. The Balaban J connectivity index is 1.25. The molecule has 0 aliphatic heterocycles. The van der Waals surface area contributed by atoms with Gasteiger partial charge in [-0.1, -0.05) is 42.5 Å². The second kappa shape index (κ2) is 12.5. The maximum Gasteiger partial charge on any atom is 0.248 e. The van der Waals surface area contributed by atoms with Crippen molar-refractivity contribution in [3.8, 4) is 11.3 Å². The third-order valence-corrected chi connectivity index (χ3v) is 6.72. The third-order valence-electron chi connectivity index (χ3n) is 6.72. The molecule has 8 nitrogen and oxygen atoms in total. The van der Waals surface area contributed by atoms with Crippen molar-refractivity contribution in [3.05, 3.63) is 115 Å². The lowest BCUT2D eigenvalue weighted by Gasteiger charge is -2.13. The van der Waals surface area contributed by atoms with Crippen molar-refractivity contribution in [1.29, 1.82) is 0 Å². The number of carbonyl (C=O) groups is 1. The Morgan fingerprint density at radius 3 is 2.55 bits per heavy atom. The highest BCUT2D eigenvalue weighted by molar-refractivity contribution is 5.99. The minimum absolute atomic E-state index is 0.160. The van der Waals surface area contributed by atoms with Gasteiger partial charge in [-0.2, -0.15) is 0 Å². The molecule has 3 aromatic carbocycles. The maximum absolute atomic E-state index is 12.1. The molecule has 0 bridgehead atoms. The van der Waals surface area contributed by atoms with E-state index in [-0.39, 0.29) is 5.91 Å². The predicted molar refractivity (Wildman–Crippen MR) is 174 cm³/mol. The first kappa shape index (κ1) is 28.3. The van der Waals surface area contributed by atoms with Crippen LogP contribution in [-0.4, -0.2) is 46.4 Å². The number of H-pyrrole nitrogens is 1. The number of hydrogen-bond acceptors (Lipinski definition) is 6. The molecule has 0 unspecified atom stereocenters. The maximum atomic E-state index is 12.1.